The van der Waals surface area contributed by atoms with Gasteiger partial charge in [0.15, 0.2) is 0 Å². The fraction of sp³-hybridized carbons (Fsp3) is 0. The van der Waals surface area contributed by atoms with Gasteiger partial charge in [-0.3, -0.25) is 0 Å². The summed E-state index contributed by atoms with van der Waals surface area (Å²) < 4.78 is 0. The Hall–Kier alpha value is -0.0565. The maximum atomic E-state index is 8.63. The summed E-state index contributed by atoms with van der Waals surface area (Å²) in [5.41, 5.74) is 0. The zero-order valence-electron chi connectivity index (χ0n) is 4.86. The van der Waals surface area contributed by atoms with Gasteiger partial charge in [-0.15, -0.1) is 0 Å². The molecule has 9 heavy (non-hydrogen) atoms. The van der Waals surface area contributed by atoms with Crippen molar-refractivity contribution >= 4 is 9.90 Å². The van der Waals surface area contributed by atoms with Crippen LogP contribution >= 0.6 is 9.90 Å². The summed E-state index contributed by atoms with van der Waals surface area (Å²) in [5, 5.41) is 8.63. The maximum Gasteiger partial charge on any atom is 0.115 e. The van der Waals surface area contributed by atoms with Gasteiger partial charge in [0, 0.05) is 16.5 Å². The average molecular weight is 187 g/mol. The molecular formula is C6H9NiOP. The second-order valence-corrected chi connectivity index (χ2v) is 1.34. The van der Waals surface area contributed by atoms with E-state index in [1.165, 1.54) is 0 Å². The molecule has 1 unspecified atom stereocenters. The largest absolute Gasteiger partial charge is 0.508 e. The van der Waals surface area contributed by atoms with Gasteiger partial charge in [-0.1, -0.05) is 18.2 Å². The first-order valence-electron chi connectivity index (χ1n) is 2.13. The van der Waals surface area contributed by atoms with Crippen LogP contribution < -0.4 is 0 Å². The van der Waals surface area contributed by atoms with Crippen LogP contribution in [0.15, 0.2) is 30.3 Å². The molecule has 0 saturated heterocycles. The second-order valence-electron chi connectivity index (χ2n) is 1.34. The van der Waals surface area contributed by atoms with Crippen molar-refractivity contribution in [1.82, 2.24) is 0 Å². The van der Waals surface area contributed by atoms with Crippen molar-refractivity contribution in [1.29, 1.82) is 0 Å². The number of benzene rings is 1. The molecule has 0 bridgehead atoms. The van der Waals surface area contributed by atoms with Crippen LogP contribution in [0.2, 0.25) is 0 Å². The molecular weight excluding hydrogens is 178 g/mol. The zero-order valence-corrected chi connectivity index (χ0v) is 7.26. The second kappa shape index (κ2) is 6.07. The van der Waals surface area contributed by atoms with Crippen molar-refractivity contribution in [3.8, 4) is 5.75 Å². The maximum absolute atomic E-state index is 8.63. The third-order valence-electron chi connectivity index (χ3n) is 0.756. The van der Waals surface area contributed by atoms with E-state index in [9.17, 15) is 0 Å². The molecule has 0 amide bonds. The van der Waals surface area contributed by atoms with Crippen LogP contribution in [0.4, 0.5) is 0 Å². The van der Waals surface area contributed by atoms with Crippen LogP contribution in [0.1, 0.15) is 0 Å². The van der Waals surface area contributed by atoms with Crippen LogP contribution in [-0.4, -0.2) is 5.11 Å². The number of phenolic OH excluding ortho intramolecular Hbond substituents is 1. The Morgan fingerprint density at radius 3 is 1.67 bits per heavy atom. The molecule has 1 aromatic carbocycles. The van der Waals surface area contributed by atoms with Gasteiger partial charge in [-0.05, 0) is 12.1 Å². The minimum absolute atomic E-state index is 0. The average Bonchev–Trinajstić information content (AvgIpc) is 1.69. The predicted molar refractivity (Wildman–Crippen MR) is 39.2 cm³/mol. The summed E-state index contributed by atoms with van der Waals surface area (Å²) >= 11 is 0. The molecule has 1 atom stereocenters. The fourth-order valence-electron chi connectivity index (χ4n) is 0.428. The summed E-state index contributed by atoms with van der Waals surface area (Å²) in [6.07, 6.45) is 0. The zero-order chi connectivity index (χ0) is 5.11. The number of phenols is 1. The molecule has 1 aromatic rings. The molecule has 1 rings (SSSR count). The number of aromatic hydroxyl groups is 1. The molecule has 0 aliphatic heterocycles. The molecule has 0 aliphatic rings. The quantitative estimate of drug-likeness (QED) is 0.481. The molecule has 3 heteroatoms. The first-order chi connectivity index (χ1) is 3.39. The molecule has 0 aromatic heterocycles. The predicted octanol–water partition coefficient (Wildman–Crippen LogP) is 1.45. The Balaban J connectivity index is 0. The molecule has 1 nitrogen and oxygen atoms in total. The first-order valence-corrected chi connectivity index (χ1v) is 2.13. The number of hydrogen-bond donors (Lipinski definition) is 1. The summed E-state index contributed by atoms with van der Waals surface area (Å²) in [6, 6.07) is 8.71. The van der Waals surface area contributed by atoms with Crippen molar-refractivity contribution in [2.75, 3.05) is 0 Å². The van der Waals surface area contributed by atoms with Gasteiger partial charge in [0.05, 0.1) is 0 Å². The van der Waals surface area contributed by atoms with Crippen molar-refractivity contribution in [2.24, 2.45) is 0 Å². The van der Waals surface area contributed by atoms with E-state index in [2.05, 4.69) is 0 Å². The number of hydrogen-bond acceptors (Lipinski definition) is 1. The standard InChI is InChI=1S/C6H6O.Ni.H3P/c7-6-4-2-1-3-5-6;;/h1-5,7H;;1H3. The van der Waals surface area contributed by atoms with E-state index in [0.717, 1.165) is 0 Å². The molecule has 0 heterocycles. The summed E-state index contributed by atoms with van der Waals surface area (Å²) in [4.78, 5) is 0. The fourth-order valence-corrected chi connectivity index (χ4v) is 0.428. The van der Waals surface area contributed by atoms with Gasteiger partial charge in [0.1, 0.15) is 5.75 Å². The van der Waals surface area contributed by atoms with Gasteiger partial charge >= 0.3 is 0 Å². The molecule has 0 fully saturated rings. The topological polar surface area (TPSA) is 20.2 Å². The summed E-state index contributed by atoms with van der Waals surface area (Å²) in [6.45, 7) is 0. The van der Waals surface area contributed by atoms with E-state index < -0.39 is 0 Å². The van der Waals surface area contributed by atoms with Gasteiger partial charge in [0.25, 0.3) is 0 Å². The minimum Gasteiger partial charge on any atom is -0.508 e. The number of para-hydroxylation sites is 1. The van der Waals surface area contributed by atoms with Gasteiger partial charge in [-0.25, -0.2) is 0 Å². The number of rotatable bonds is 0. The Labute approximate surface area is 68.0 Å². The van der Waals surface area contributed by atoms with Gasteiger partial charge < -0.3 is 5.11 Å². The van der Waals surface area contributed by atoms with Crippen molar-refractivity contribution < 1.29 is 21.6 Å². The van der Waals surface area contributed by atoms with Gasteiger partial charge in [-0.2, -0.15) is 9.90 Å². The van der Waals surface area contributed by atoms with E-state index in [1.807, 2.05) is 6.07 Å². The molecule has 1 N–H and O–H groups in total. The van der Waals surface area contributed by atoms with E-state index in [0.29, 0.717) is 5.75 Å². The van der Waals surface area contributed by atoms with Crippen LogP contribution in [0.3, 0.4) is 0 Å². The van der Waals surface area contributed by atoms with Crippen molar-refractivity contribution in [2.45, 2.75) is 0 Å². The first kappa shape index (κ1) is 11.7. The summed E-state index contributed by atoms with van der Waals surface area (Å²) in [5.74, 6) is 0.322. The third kappa shape index (κ3) is 4.45. The molecule has 0 spiro atoms. The Morgan fingerprint density at radius 1 is 1.00 bits per heavy atom. The van der Waals surface area contributed by atoms with Crippen molar-refractivity contribution in [3.05, 3.63) is 30.3 Å². The van der Waals surface area contributed by atoms with Gasteiger partial charge in [0.2, 0.25) is 0 Å². The van der Waals surface area contributed by atoms with Crippen molar-refractivity contribution in [3.63, 3.8) is 0 Å². The third-order valence-corrected chi connectivity index (χ3v) is 0.756. The van der Waals surface area contributed by atoms with E-state index in [1.54, 1.807) is 24.3 Å². The van der Waals surface area contributed by atoms with Crippen LogP contribution in [0, 0.1) is 0 Å². The monoisotopic (exact) mass is 186 g/mol. The minimum atomic E-state index is 0. The van der Waals surface area contributed by atoms with Crippen LogP contribution in [-0.2, 0) is 16.5 Å². The molecule has 54 valence electrons. The SMILES string of the molecule is Oc1ccccc1.P.[Ni]. The van der Waals surface area contributed by atoms with E-state index >= 15 is 0 Å². The Kier molecular flexibility index (Phi) is 7.89. The molecule has 0 aliphatic carbocycles. The Morgan fingerprint density at radius 2 is 1.44 bits per heavy atom. The van der Waals surface area contributed by atoms with Crippen LogP contribution in [0.25, 0.3) is 0 Å². The normalized spacial score (nSPS) is 6.67. The smallest absolute Gasteiger partial charge is 0.115 e. The van der Waals surface area contributed by atoms with E-state index in [4.69, 9.17) is 5.11 Å². The van der Waals surface area contributed by atoms with Crippen LogP contribution in [0.5, 0.6) is 5.75 Å². The van der Waals surface area contributed by atoms with E-state index in [-0.39, 0.29) is 26.4 Å². The summed E-state index contributed by atoms with van der Waals surface area (Å²) in [7, 11) is 0. The molecule has 0 radical (unpaired) electrons. The molecule has 0 saturated carbocycles. The Bertz CT molecular complexity index is 143.